The van der Waals surface area contributed by atoms with E-state index in [-0.39, 0.29) is 5.91 Å². The predicted octanol–water partition coefficient (Wildman–Crippen LogP) is 5.57. The van der Waals surface area contributed by atoms with E-state index >= 15 is 0 Å². The van der Waals surface area contributed by atoms with Crippen molar-refractivity contribution in [2.24, 2.45) is 5.10 Å². The van der Waals surface area contributed by atoms with E-state index in [9.17, 15) is 4.79 Å². The van der Waals surface area contributed by atoms with Crippen molar-refractivity contribution in [1.82, 2.24) is 9.99 Å². The van der Waals surface area contributed by atoms with Gasteiger partial charge < -0.3 is 4.57 Å². The lowest BCUT2D eigenvalue weighted by atomic mass is 10.0. The standard InChI is InChI=1S/C26H25N3O/c1-4-20-12-14-23(15-13-20)29-18(2)16-22(19(29)3)17-27-28-26(30)25-11-7-9-21-8-5-6-10-24(21)25/h5-17H,4H2,1-3H3,(H,28,30)/b27-17-. The van der Waals surface area contributed by atoms with Crippen LogP contribution in [-0.4, -0.2) is 16.7 Å². The summed E-state index contributed by atoms with van der Waals surface area (Å²) in [6, 6.07) is 24.2. The minimum Gasteiger partial charge on any atom is -0.318 e. The van der Waals surface area contributed by atoms with E-state index < -0.39 is 0 Å². The van der Waals surface area contributed by atoms with Gasteiger partial charge in [-0.1, -0.05) is 55.5 Å². The van der Waals surface area contributed by atoms with Crippen LogP contribution in [-0.2, 0) is 6.42 Å². The highest BCUT2D eigenvalue weighted by atomic mass is 16.2. The third-order valence-electron chi connectivity index (χ3n) is 5.48. The monoisotopic (exact) mass is 395 g/mol. The Bertz CT molecular complexity index is 1230. The maximum atomic E-state index is 12.7. The van der Waals surface area contributed by atoms with Gasteiger partial charge in [0.25, 0.3) is 5.91 Å². The van der Waals surface area contributed by atoms with E-state index in [2.05, 4.69) is 66.2 Å². The first-order valence-corrected chi connectivity index (χ1v) is 10.2. The van der Waals surface area contributed by atoms with Gasteiger partial charge in [0, 0.05) is 28.2 Å². The number of hydrogen-bond donors (Lipinski definition) is 1. The summed E-state index contributed by atoms with van der Waals surface area (Å²) >= 11 is 0. The lowest BCUT2D eigenvalue weighted by Crippen LogP contribution is -2.18. The minimum absolute atomic E-state index is 0.216. The largest absolute Gasteiger partial charge is 0.318 e. The van der Waals surface area contributed by atoms with Gasteiger partial charge in [-0.15, -0.1) is 0 Å². The molecule has 4 nitrogen and oxygen atoms in total. The first kappa shape index (κ1) is 19.6. The lowest BCUT2D eigenvalue weighted by Gasteiger charge is -2.10. The second-order valence-electron chi connectivity index (χ2n) is 7.41. The molecule has 150 valence electrons. The van der Waals surface area contributed by atoms with Gasteiger partial charge in [0.05, 0.1) is 6.21 Å². The Morgan fingerprint density at radius 3 is 2.50 bits per heavy atom. The maximum Gasteiger partial charge on any atom is 0.271 e. The normalized spacial score (nSPS) is 11.3. The molecule has 4 aromatic rings. The Morgan fingerprint density at radius 1 is 1.00 bits per heavy atom. The van der Waals surface area contributed by atoms with Crippen LogP contribution in [0.25, 0.3) is 16.5 Å². The molecular formula is C26H25N3O. The number of aryl methyl sites for hydroxylation is 2. The van der Waals surface area contributed by atoms with E-state index in [0.717, 1.165) is 39.8 Å². The van der Waals surface area contributed by atoms with Crippen molar-refractivity contribution in [3.05, 3.63) is 101 Å². The summed E-state index contributed by atoms with van der Waals surface area (Å²) in [7, 11) is 0. The molecule has 1 aromatic heterocycles. The third kappa shape index (κ3) is 3.77. The smallest absolute Gasteiger partial charge is 0.271 e. The molecule has 0 radical (unpaired) electrons. The van der Waals surface area contributed by atoms with Gasteiger partial charge in [0.15, 0.2) is 0 Å². The predicted molar refractivity (Wildman–Crippen MR) is 124 cm³/mol. The first-order chi connectivity index (χ1) is 14.6. The number of benzene rings is 3. The van der Waals surface area contributed by atoms with Crippen LogP contribution in [0, 0.1) is 13.8 Å². The number of nitrogens with zero attached hydrogens (tertiary/aromatic N) is 2. The highest BCUT2D eigenvalue weighted by Crippen LogP contribution is 2.21. The van der Waals surface area contributed by atoms with Crippen molar-refractivity contribution < 1.29 is 4.79 Å². The molecular weight excluding hydrogens is 370 g/mol. The molecule has 0 aliphatic carbocycles. The van der Waals surface area contributed by atoms with Crippen molar-refractivity contribution in [1.29, 1.82) is 0 Å². The summed E-state index contributed by atoms with van der Waals surface area (Å²) in [4.78, 5) is 12.7. The molecule has 3 aromatic carbocycles. The van der Waals surface area contributed by atoms with Gasteiger partial charge in [-0.2, -0.15) is 5.10 Å². The zero-order valence-electron chi connectivity index (χ0n) is 17.5. The highest BCUT2D eigenvalue weighted by molar-refractivity contribution is 6.07. The maximum absolute atomic E-state index is 12.7. The van der Waals surface area contributed by atoms with Crippen molar-refractivity contribution in [2.75, 3.05) is 0 Å². The van der Waals surface area contributed by atoms with Crippen LogP contribution in [0.1, 0.15) is 39.8 Å². The van der Waals surface area contributed by atoms with Crippen LogP contribution in [0.15, 0.2) is 77.9 Å². The van der Waals surface area contributed by atoms with Gasteiger partial charge in [0.1, 0.15) is 0 Å². The average molecular weight is 396 g/mol. The molecule has 4 rings (SSSR count). The molecule has 0 unspecified atom stereocenters. The van der Waals surface area contributed by atoms with Crippen molar-refractivity contribution in [2.45, 2.75) is 27.2 Å². The van der Waals surface area contributed by atoms with Crippen LogP contribution < -0.4 is 5.43 Å². The van der Waals surface area contributed by atoms with E-state index in [1.165, 1.54) is 5.56 Å². The topological polar surface area (TPSA) is 46.4 Å². The van der Waals surface area contributed by atoms with Crippen LogP contribution in [0.5, 0.6) is 0 Å². The molecule has 0 saturated carbocycles. The molecule has 4 heteroatoms. The SMILES string of the molecule is CCc1ccc(-n2c(C)cc(/C=N\NC(=O)c3cccc4ccccc34)c2C)cc1. The van der Waals surface area contributed by atoms with Crippen LogP contribution in [0.2, 0.25) is 0 Å². The average Bonchev–Trinajstić information content (AvgIpc) is 3.06. The highest BCUT2D eigenvalue weighted by Gasteiger charge is 2.11. The molecule has 1 heterocycles. The van der Waals surface area contributed by atoms with Crippen molar-refractivity contribution in [3.63, 3.8) is 0 Å². The number of rotatable bonds is 5. The summed E-state index contributed by atoms with van der Waals surface area (Å²) in [5.74, 6) is -0.216. The Morgan fingerprint density at radius 2 is 1.73 bits per heavy atom. The van der Waals surface area contributed by atoms with Crippen LogP contribution in [0.3, 0.4) is 0 Å². The van der Waals surface area contributed by atoms with Crippen molar-refractivity contribution >= 4 is 22.9 Å². The van der Waals surface area contributed by atoms with E-state index in [1.54, 1.807) is 6.21 Å². The van der Waals surface area contributed by atoms with Crippen molar-refractivity contribution in [3.8, 4) is 5.69 Å². The third-order valence-corrected chi connectivity index (χ3v) is 5.48. The molecule has 0 aliphatic heterocycles. The molecule has 0 atom stereocenters. The van der Waals surface area contributed by atoms with Gasteiger partial charge in [-0.3, -0.25) is 4.79 Å². The molecule has 0 bridgehead atoms. The second kappa shape index (κ2) is 8.37. The summed E-state index contributed by atoms with van der Waals surface area (Å²) < 4.78 is 2.20. The Hall–Kier alpha value is -3.66. The van der Waals surface area contributed by atoms with Gasteiger partial charge in [0.2, 0.25) is 0 Å². The summed E-state index contributed by atoms with van der Waals surface area (Å²) in [5, 5.41) is 6.18. The quantitative estimate of drug-likeness (QED) is 0.348. The number of amides is 1. The Labute approximate surface area is 176 Å². The molecule has 0 saturated heterocycles. The first-order valence-electron chi connectivity index (χ1n) is 10.2. The minimum atomic E-state index is -0.216. The zero-order chi connectivity index (χ0) is 21.1. The lowest BCUT2D eigenvalue weighted by molar-refractivity contribution is 0.0957. The number of carbonyl (C=O) groups is 1. The summed E-state index contributed by atoms with van der Waals surface area (Å²) in [5.41, 5.74) is 8.92. The zero-order valence-corrected chi connectivity index (χ0v) is 17.5. The fourth-order valence-corrected chi connectivity index (χ4v) is 3.84. The van der Waals surface area contributed by atoms with E-state index in [0.29, 0.717) is 5.56 Å². The number of nitrogens with one attached hydrogen (secondary N) is 1. The van der Waals surface area contributed by atoms with Crippen LogP contribution in [0.4, 0.5) is 0 Å². The second-order valence-corrected chi connectivity index (χ2v) is 7.41. The number of carbonyl (C=O) groups excluding carboxylic acids is 1. The molecule has 0 aliphatic rings. The Kier molecular flexibility index (Phi) is 5.48. The fourth-order valence-electron chi connectivity index (χ4n) is 3.84. The Balaban J connectivity index is 1.55. The molecule has 0 fully saturated rings. The molecule has 1 N–H and O–H groups in total. The van der Waals surface area contributed by atoms with Gasteiger partial charge >= 0.3 is 0 Å². The van der Waals surface area contributed by atoms with Gasteiger partial charge in [-0.05, 0) is 60.9 Å². The molecule has 30 heavy (non-hydrogen) atoms. The number of aromatic nitrogens is 1. The number of fused-ring (bicyclic) bond motifs is 1. The fraction of sp³-hybridized carbons (Fsp3) is 0.154. The van der Waals surface area contributed by atoms with Crippen LogP contribution >= 0.6 is 0 Å². The summed E-state index contributed by atoms with van der Waals surface area (Å²) in [6.07, 6.45) is 2.74. The van der Waals surface area contributed by atoms with E-state index in [4.69, 9.17) is 0 Å². The van der Waals surface area contributed by atoms with E-state index in [1.807, 2.05) is 42.5 Å². The number of hydrazone groups is 1. The molecule has 0 spiro atoms. The molecule has 1 amide bonds. The summed E-state index contributed by atoms with van der Waals surface area (Å²) in [6.45, 7) is 6.30. The number of hydrogen-bond acceptors (Lipinski definition) is 2. The van der Waals surface area contributed by atoms with Gasteiger partial charge in [-0.25, -0.2) is 5.43 Å².